The van der Waals surface area contributed by atoms with Crippen molar-refractivity contribution in [3.8, 4) is 67.7 Å². The van der Waals surface area contributed by atoms with Crippen LogP contribution < -0.4 is 9.80 Å². The molecule has 0 saturated heterocycles. The molecule has 368 valence electrons. The van der Waals surface area contributed by atoms with Gasteiger partial charge in [0, 0.05) is 56.4 Å². The molecule has 11 aromatic carbocycles. The molecular formula is C70H46N6O2. The molecule has 8 nitrogen and oxygen atoms in total. The maximum absolute atomic E-state index is 6.28. The number of aromatic nitrogens is 4. The third kappa shape index (κ3) is 8.89. The van der Waals surface area contributed by atoms with Gasteiger partial charge in [0.25, 0.3) is 0 Å². The summed E-state index contributed by atoms with van der Waals surface area (Å²) in [6.07, 6.45) is 0. The molecule has 0 radical (unpaired) electrons. The minimum atomic E-state index is 0.578. The van der Waals surface area contributed by atoms with Gasteiger partial charge >= 0.3 is 0 Å². The van der Waals surface area contributed by atoms with Crippen LogP contribution in [0.5, 0.6) is 0 Å². The average Bonchev–Trinajstić information content (AvgIpc) is 4.20. The van der Waals surface area contributed by atoms with Gasteiger partial charge in [-0.05, 0) is 156 Å². The molecule has 78 heavy (non-hydrogen) atoms. The summed E-state index contributed by atoms with van der Waals surface area (Å²) in [5, 5.41) is 0. The number of anilines is 6. The number of benzene rings is 11. The molecule has 0 N–H and O–H groups in total. The topological polar surface area (TPSA) is 84.3 Å². The minimum absolute atomic E-state index is 0.578. The van der Waals surface area contributed by atoms with E-state index < -0.39 is 0 Å². The molecule has 14 aromatic rings. The lowest BCUT2D eigenvalue weighted by Crippen LogP contribution is -2.10. The third-order valence-electron chi connectivity index (χ3n) is 14.1. The zero-order valence-corrected chi connectivity index (χ0v) is 42.1. The molecular weight excluding hydrogens is 957 g/mol. The van der Waals surface area contributed by atoms with Crippen LogP contribution in [0, 0.1) is 0 Å². The summed E-state index contributed by atoms with van der Waals surface area (Å²) in [6.45, 7) is 0. The van der Waals surface area contributed by atoms with E-state index in [1.54, 1.807) is 0 Å². The van der Waals surface area contributed by atoms with Crippen molar-refractivity contribution in [2.45, 2.75) is 0 Å². The molecule has 0 aliphatic carbocycles. The van der Waals surface area contributed by atoms with Gasteiger partial charge in [0.15, 0.2) is 11.2 Å². The Morgan fingerprint density at radius 2 is 0.513 bits per heavy atom. The molecule has 3 aromatic heterocycles. The lowest BCUT2D eigenvalue weighted by atomic mass is 10.0. The lowest BCUT2D eigenvalue weighted by Gasteiger charge is -2.26. The molecule has 0 bridgehead atoms. The van der Waals surface area contributed by atoms with E-state index in [0.29, 0.717) is 11.8 Å². The first-order valence-corrected chi connectivity index (χ1v) is 25.9. The Balaban J connectivity index is 0.765. The van der Waals surface area contributed by atoms with Crippen molar-refractivity contribution in [2.24, 2.45) is 0 Å². The summed E-state index contributed by atoms with van der Waals surface area (Å²) in [5.74, 6) is 1.16. The molecule has 0 aliphatic rings. The second-order valence-corrected chi connectivity index (χ2v) is 19.1. The Morgan fingerprint density at radius 1 is 0.218 bits per heavy atom. The highest BCUT2D eigenvalue weighted by Crippen LogP contribution is 2.41. The van der Waals surface area contributed by atoms with E-state index in [2.05, 4.69) is 204 Å². The Bertz CT molecular complexity index is 4110. The number of hydrogen-bond donors (Lipinski definition) is 0. The van der Waals surface area contributed by atoms with Crippen molar-refractivity contribution in [2.75, 3.05) is 9.80 Å². The van der Waals surface area contributed by atoms with Gasteiger partial charge in [-0.2, -0.15) is 0 Å². The molecule has 3 heterocycles. The van der Waals surface area contributed by atoms with Gasteiger partial charge in [0.2, 0.25) is 11.8 Å². The van der Waals surface area contributed by atoms with Crippen molar-refractivity contribution >= 4 is 67.4 Å². The Labute approximate surface area is 450 Å². The molecule has 0 atom stereocenters. The highest BCUT2D eigenvalue weighted by atomic mass is 16.4. The minimum Gasteiger partial charge on any atom is -0.436 e. The molecule has 0 saturated carbocycles. The second-order valence-electron chi connectivity index (χ2n) is 19.1. The van der Waals surface area contributed by atoms with Crippen molar-refractivity contribution in [3.63, 3.8) is 0 Å². The van der Waals surface area contributed by atoms with Gasteiger partial charge < -0.3 is 18.6 Å². The van der Waals surface area contributed by atoms with Crippen LogP contribution in [0.25, 0.3) is 101 Å². The van der Waals surface area contributed by atoms with E-state index in [9.17, 15) is 0 Å². The van der Waals surface area contributed by atoms with Crippen LogP contribution in [0.1, 0.15) is 0 Å². The summed E-state index contributed by atoms with van der Waals surface area (Å²) in [4.78, 5) is 24.9. The van der Waals surface area contributed by atoms with Crippen molar-refractivity contribution < 1.29 is 8.83 Å². The highest BCUT2D eigenvalue weighted by molar-refractivity contribution is 5.90. The fourth-order valence-electron chi connectivity index (χ4n) is 10.2. The normalized spacial score (nSPS) is 11.3. The van der Waals surface area contributed by atoms with Gasteiger partial charge in [0.05, 0.1) is 22.4 Å². The third-order valence-corrected chi connectivity index (χ3v) is 14.1. The smallest absolute Gasteiger partial charge is 0.227 e. The van der Waals surface area contributed by atoms with Crippen LogP contribution in [0.3, 0.4) is 0 Å². The maximum atomic E-state index is 6.28. The standard InChI is InChI=1S/C70H46N6O2/c1-5-15-47(16-6-1)53-33-43-65-63(45-53)73-69(77-65)51-29-39-59(40-30-51)75(55-19-9-3-10-20-55)57-35-25-49(26-36-57)67-68(72-62-24-14-13-23-61(62)71-67)50-27-37-58(38-28-50)76(56-21-11-4-12-22-56)60-41-31-52(32-42-60)70-74-64-46-54(34-44-66(64)78-70)48-17-7-2-8-18-48/h1-46H. The number of hydrogen-bond acceptors (Lipinski definition) is 8. The van der Waals surface area contributed by atoms with Crippen LogP contribution in [0.4, 0.5) is 34.1 Å². The number of oxazole rings is 2. The van der Waals surface area contributed by atoms with E-state index in [1.807, 2.05) is 84.9 Å². The molecule has 0 spiro atoms. The molecule has 0 aliphatic heterocycles. The quantitative estimate of drug-likeness (QED) is 0.120. The first-order chi connectivity index (χ1) is 38.6. The summed E-state index contributed by atoms with van der Waals surface area (Å²) in [5.41, 5.74) is 20.6. The van der Waals surface area contributed by atoms with E-state index in [4.69, 9.17) is 28.8 Å². The number of fused-ring (bicyclic) bond motifs is 3. The number of rotatable bonds is 12. The highest BCUT2D eigenvalue weighted by Gasteiger charge is 2.20. The van der Waals surface area contributed by atoms with Gasteiger partial charge in [-0.15, -0.1) is 0 Å². The van der Waals surface area contributed by atoms with Crippen LogP contribution in [0.2, 0.25) is 0 Å². The first-order valence-electron chi connectivity index (χ1n) is 25.9. The van der Waals surface area contributed by atoms with E-state index in [-0.39, 0.29) is 0 Å². The fourth-order valence-corrected chi connectivity index (χ4v) is 10.2. The summed E-state index contributed by atoms with van der Waals surface area (Å²) < 4.78 is 12.6. The van der Waals surface area contributed by atoms with Crippen LogP contribution in [0.15, 0.2) is 288 Å². The Morgan fingerprint density at radius 3 is 0.872 bits per heavy atom. The van der Waals surface area contributed by atoms with Crippen molar-refractivity contribution in [1.82, 2.24) is 19.9 Å². The summed E-state index contributed by atoms with van der Waals surface area (Å²) in [6, 6.07) is 95.8. The van der Waals surface area contributed by atoms with Crippen LogP contribution >= 0.6 is 0 Å². The maximum Gasteiger partial charge on any atom is 0.227 e. The SMILES string of the molecule is c1ccc(-c2ccc3oc(-c4ccc(N(c5ccccc5)c5ccc(-c6nc7ccccc7nc6-c6ccc(N(c7ccccc7)c7ccc(-c8nc9cc(-c%10ccccc%10)ccc9o8)cc7)cc6)cc5)cc4)nc3c2)cc1. The largest absolute Gasteiger partial charge is 0.436 e. The average molecular weight is 1000 g/mol. The molecule has 8 heteroatoms. The van der Waals surface area contributed by atoms with E-state index >= 15 is 0 Å². The Hall–Kier alpha value is -10.7. The van der Waals surface area contributed by atoms with Crippen molar-refractivity contribution in [3.05, 3.63) is 279 Å². The van der Waals surface area contributed by atoms with E-state index in [1.165, 1.54) is 0 Å². The molecule has 0 unspecified atom stereocenters. The number of nitrogens with zero attached hydrogens (tertiary/aromatic N) is 6. The summed E-state index contributed by atoms with van der Waals surface area (Å²) >= 11 is 0. The molecule has 14 rings (SSSR count). The second kappa shape index (κ2) is 19.9. The molecule has 0 fully saturated rings. The lowest BCUT2D eigenvalue weighted by molar-refractivity contribution is 0.619. The van der Waals surface area contributed by atoms with Crippen molar-refractivity contribution in [1.29, 1.82) is 0 Å². The van der Waals surface area contributed by atoms with Gasteiger partial charge in [0.1, 0.15) is 11.0 Å². The molecule has 0 amide bonds. The monoisotopic (exact) mass is 1000 g/mol. The number of para-hydroxylation sites is 4. The predicted octanol–water partition coefficient (Wildman–Crippen LogP) is 18.9. The van der Waals surface area contributed by atoms with Gasteiger partial charge in [-0.1, -0.05) is 146 Å². The van der Waals surface area contributed by atoms with E-state index in [0.717, 1.165) is 123 Å². The van der Waals surface area contributed by atoms with Gasteiger partial charge in [-0.25, -0.2) is 19.9 Å². The fraction of sp³-hybridized carbons (Fsp3) is 0. The predicted molar refractivity (Wildman–Crippen MR) is 317 cm³/mol. The summed E-state index contributed by atoms with van der Waals surface area (Å²) in [7, 11) is 0. The van der Waals surface area contributed by atoms with Crippen LogP contribution in [-0.4, -0.2) is 19.9 Å². The zero-order chi connectivity index (χ0) is 51.8. The van der Waals surface area contributed by atoms with Gasteiger partial charge in [-0.3, -0.25) is 0 Å². The Kier molecular flexibility index (Phi) is 11.7. The van der Waals surface area contributed by atoms with Crippen LogP contribution in [-0.2, 0) is 0 Å². The zero-order valence-electron chi connectivity index (χ0n) is 42.1. The first kappa shape index (κ1) is 45.9.